The van der Waals surface area contributed by atoms with Gasteiger partial charge >= 0.3 is 0 Å². The van der Waals surface area contributed by atoms with Gasteiger partial charge in [0.05, 0.1) is 0 Å². The molecule has 1 aromatic rings. The molecule has 1 aromatic carbocycles. The molecule has 0 radical (unpaired) electrons. The van der Waals surface area contributed by atoms with Crippen LogP contribution >= 0.6 is 11.6 Å². The minimum atomic E-state index is -0.199. The molecule has 3 heteroatoms. The quantitative estimate of drug-likeness (QED) is 0.757. The van der Waals surface area contributed by atoms with Gasteiger partial charge in [-0.2, -0.15) is 0 Å². The van der Waals surface area contributed by atoms with Crippen molar-refractivity contribution in [2.45, 2.75) is 18.8 Å². The van der Waals surface area contributed by atoms with Gasteiger partial charge in [-0.05, 0) is 49.1 Å². The van der Waals surface area contributed by atoms with Crippen molar-refractivity contribution in [3.8, 4) is 0 Å². The van der Waals surface area contributed by atoms with Gasteiger partial charge in [-0.3, -0.25) is 0 Å². The molecule has 1 atom stereocenters. The molecule has 2 rings (SSSR count). The van der Waals surface area contributed by atoms with Crippen LogP contribution in [0, 0.1) is 5.82 Å². The van der Waals surface area contributed by atoms with Crippen molar-refractivity contribution < 1.29 is 4.39 Å². The topological polar surface area (TPSA) is 12.0 Å². The SMILES string of the molecule is Fc1ccc(Cl)c(C2CCCNC2)c1. The summed E-state index contributed by atoms with van der Waals surface area (Å²) in [7, 11) is 0. The minimum absolute atomic E-state index is 0.199. The standard InChI is InChI=1S/C11H13ClFN/c12-11-4-3-9(13)6-10(11)8-2-1-5-14-7-8/h3-4,6,8,14H,1-2,5,7H2. The van der Waals surface area contributed by atoms with E-state index in [2.05, 4.69) is 5.32 Å². The van der Waals surface area contributed by atoms with E-state index < -0.39 is 0 Å². The van der Waals surface area contributed by atoms with E-state index >= 15 is 0 Å². The summed E-state index contributed by atoms with van der Waals surface area (Å²) >= 11 is 6.04. The molecule has 1 fully saturated rings. The van der Waals surface area contributed by atoms with Gasteiger partial charge in [0.1, 0.15) is 5.82 Å². The maximum absolute atomic E-state index is 13.0. The Morgan fingerprint density at radius 1 is 1.43 bits per heavy atom. The van der Waals surface area contributed by atoms with E-state index in [1.165, 1.54) is 6.07 Å². The van der Waals surface area contributed by atoms with Crippen molar-refractivity contribution in [2.75, 3.05) is 13.1 Å². The summed E-state index contributed by atoms with van der Waals surface area (Å²) in [5, 5.41) is 3.98. The molecular weight excluding hydrogens is 201 g/mol. The van der Waals surface area contributed by atoms with Crippen LogP contribution in [0.4, 0.5) is 4.39 Å². The Balaban J connectivity index is 2.24. The molecule has 1 aliphatic heterocycles. The normalized spacial score (nSPS) is 22.3. The molecule has 0 aromatic heterocycles. The Morgan fingerprint density at radius 2 is 2.29 bits per heavy atom. The smallest absolute Gasteiger partial charge is 0.123 e. The zero-order valence-corrected chi connectivity index (χ0v) is 8.65. The highest BCUT2D eigenvalue weighted by atomic mass is 35.5. The number of nitrogens with one attached hydrogen (secondary N) is 1. The lowest BCUT2D eigenvalue weighted by atomic mass is 9.91. The zero-order valence-electron chi connectivity index (χ0n) is 7.89. The Morgan fingerprint density at radius 3 is 3.00 bits per heavy atom. The summed E-state index contributed by atoms with van der Waals surface area (Å²) in [6.45, 7) is 1.96. The first-order chi connectivity index (χ1) is 6.77. The highest BCUT2D eigenvalue weighted by Crippen LogP contribution is 2.29. The van der Waals surface area contributed by atoms with Gasteiger partial charge in [0.15, 0.2) is 0 Å². The fourth-order valence-corrected chi connectivity index (χ4v) is 2.22. The van der Waals surface area contributed by atoms with Gasteiger partial charge in [0, 0.05) is 11.6 Å². The number of benzene rings is 1. The molecule has 1 unspecified atom stereocenters. The molecule has 1 aliphatic rings. The van der Waals surface area contributed by atoms with Crippen molar-refractivity contribution in [2.24, 2.45) is 0 Å². The van der Waals surface area contributed by atoms with Crippen LogP contribution in [0.25, 0.3) is 0 Å². The summed E-state index contributed by atoms with van der Waals surface area (Å²) in [6, 6.07) is 4.60. The van der Waals surface area contributed by atoms with E-state index in [1.54, 1.807) is 12.1 Å². The van der Waals surface area contributed by atoms with Crippen LogP contribution in [0.3, 0.4) is 0 Å². The Bertz CT molecular complexity index is 321. The van der Waals surface area contributed by atoms with Crippen LogP contribution < -0.4 is 5.32 Å². The summed E-state index contributed by atoms with van der Waals surface area (Å²) < 4.78 is 13.0. The zero-order chi connectivity index (χ0) is 9.97. The molecule has 0 aliphatic carbocycles. The summed E-state index contributed by atoms with van der Waals surface area (Å²) in [5.74, 6) is 0.168. The number of hydrogen-bond acceptors (Lipinski definition) is 1. The minimum Gasteiger partial charge on any atom is -0.316 e. The van der Waals surface area contributed by atoms with Crippen LogP contribution in [0.1, 0.15) is 24.3 Å². The first-order valence-corrected chi connectivity index (χ1v) is 5.31. The van der Waals surface area contributed by atoms with E-state index in [4.69, 9.17) is 11.6 Å². The molecule has 0 saturated carbocycles. The van der Waals surface area contributed by atoms with E-state index in [0.717, 1.165) is 31.5 Å². The van der Waals surface area contributed by atoms with Crippen LogP contribution in [0.2, 0.25) is 5.02 Å². The Hall–Kier alpha value is -0.600. The number of hydrogen-bond donors (Lipinski definition) is 1. The number of rotatable bonds is 1. The molecule has 14 heavy (non-hydrogen) atoms. The predicted molar refractivity (Wildman–Crippen MR) is 56.3 cm³/mol. The van der Waals surface area contributed by atoms with E-state index in [1.807, 2.05) is 0 Å². The molecule has 0 bridgehead atoms. The van der Waals surface area contributed by atoms with Crippen LogP contribution in [-0.4, -0.2) is 13.1 Å². The molecule has 0 spiro atoms. The van der Waals surface area contributed by atoms with Gasteiger partial charge in [0.25, 0.3) is 0 Å². The first-order valence-electron chi connectivity index (χ1n) is 4.93. The third-order valence-electron chi connectivity index (χ3n) is 2.69. The average molecular weight is 214 g/mol. The fourth-order valence-electron chi connectivity index (χ4n) is 1.94. The summed E-state index contributed by atoms with van der Waals surface area (Å²) in [6.07, 6.45) is 2.23. The van der Waals surface area contributed by atoms with Gasteiger partial charge in [0.2, 0.25) is 0 Å². The molecule has 1 nitrogen and oxygen atoms in total. The third-order valence-corrected chi connectivity index (χ3v) is 3.04. The Kier molecular flexibility index (Phi) is 3.04. The van der Waals surface area contributed by atoms with Crippen molar-refractivity contribution >= 4 is 11.6 Å². The largest absolute Gasteiger partial charge is 0.316 e. The summed E-state index contributed by atoms with van der Waals surface area (Å²) in [5.41, 5.74) is 0.943. The second-order valence-corrected chi connectivity index (χ2v) is 4.12. The second-order valence-electron chi connectivity index (χ2n) is 3.71. The highest BCUT2D eigenvalue weighted by molar-refractivity contribution is 6.31. The van der Waals surface area contributed by atoms with E-state index in [0.29, 0.717) is 10.9 Å². The second kappa shape index (κ2) is 4.28. The Labute approximate surface area is 88.3 Å². The van der Waals surface area contributed by atoms with Crippen LogP contribution in [-0.2, 0) is 0 Å². The lowest BCUT2D eigenvalue weighted by Crippen LogP contribution is -2.28. The average Bonchev–Trinajstić information content (AvgIpc) is 2.23. The maximum atomic E-state index is 13.0. The predicted octanol–water partition coefficient (Wildman–Crippen LogP) is 2.95. The third kappa shape index (κ3) is 2.07. The molecule has 76 valence electrons. The van der Waals surface area contributed by atoms with E-state index in [9.17, 15) is 4.39 Å². The molecule has 1 heterocycles. The van der Waals surface area contributed by atoms with Crippen LogP contribution in [0.15, 0.2) is 18.2 Å². The first kappa shape index (κ1) is 9.94. The number of halogens is 2. The molecule has 1 saturated heterocycles. The van der Waals surface area contributed by atoms with E-state index in [-0.39, 0.29) is 5.82 Å². The van der Waals surface area contributed by atoms with Crippen molar-refractivity contribution in [3.63, 3.8) is 0 Å². The summed E-state index contributed by atoms with van der Waals surface area (Å²) in [4.78, 5) is 0. The van der Waals surface area contributed by atoms with Gasteiger partial charge < -0.3 is 5.32 Å². The van der Waals surface area contributed by atoms with Crippen molar-refractivity contribution in [3.05, 3.63) is 34.6 Å². The van der Waals surface area contributed by atoms with Crippen molar-refractivity contribution in [1.29, 1.82) is 0 Å². The van der Waals surface area contributed by atoms with Gasteiger partial charge in [-0.15, -0.1) is 0 Å². The van der Waals surface area contributed by atoms with Crippen LogP contribution in [0.5, 0.6) is 0 Å². The molecule has 1 N–H and O–H groups in total. The monoisotopic (exact) mass is 213 g/mol. The maximum Gasteiger partial charge on any atom is 0.123 e. The fraction of sp³-hybridized carbons (Fsp3) is 0.455. The lowest BCUT2D eigenvalue weighted by Gasteiger charge is -2.23. The van der Waals surface area contributed by atoms with Gasteiger partial charge in [-0.1, -0.05) is 11.6 Å². The van der Waals surface area contributed by atoms with Gasteiger partial charge in [-0.25, -0.2) is 4.39 Å². The number of piperidine rings is 1. The highest BCUT2D eigenvalue weighted by Gasteiger charge is 2.17. The lowest BCUT2D eigenvalue weighted by molar-refractivity contribution is 0.460. The van der Waals surface area contributed by atoms with Crippen molar-refractivity contribution in [1.82, 2.24) is 5.32 Å². The molecule has 0 amide bonds. The molecular formula is C11H13ClFN.